The predicted octanol–water partition coefficient (Wildman–Crippen LogP) is 0.945. The molecule has 1 aliphatic rings. The quantitative estimate of drug-likeness (QED) is 0.828. The monoisotopic (exact) mass is 224 g/mol. The molecular formula is C11H16N2O3. The third-order valence-electron chi connectivity index (χ3n) is 2.81. The summed E-state index contributed by atoms with van der Waals surface area (Å²) in [5.41, 5.74) is 0.500. The fourth-order valence-electron chi connectivity index (χ4n) is 1.93. The van der Waals surface area contributed by atoms with Crippen molar-refractivity contribution < 1.29 is 14.6 Å². The van der Waals surface area contributed by atoms with E-state index in [1.54, 1.807) is 12.4 Å². The second-order valence-corrected chi connectivity index (χ2v) is 3.87. The Hall–Kier alpha value is -1.20. The SMILES string of the molecule is COc1nccnc1C(O)C1CCCOC1. The van der Waals surface area contributed by atoms with E-state index in [2.05, 4.69) is 9.97 Å². The number of ether oxygens (including phenoxy) is 2. The van der Waals surface area contributed by atoms with Gasteiger partial charge in [-0.05, 0) is 12.8 Å². The van der Waals surface area contributed by atoms with Gasteiger partial charge in [-0.15, -0.1) is 0 Å². The zero-order chi connectivity index (χ0) is 11.4. The van der Waals surface area contributed by atoms with Crippen molar-refractivity contribution in [2.24, 2.45) is 5.92 Å². The number of rotatable bonds is 3. The van der Waals surface area contributed by atoms with Crippen molar-refractivity contribution in [1.82, 2.24) is 9.97 Å². The van der Waals surface area contributed by atoms with E-state index >= 15 is 0 Å². The lowest BCUT2D eigenvalue weighted by molar-refractivity contribution is -0.0126. The third-order valence-corrected chi connectivity index (χ3v) is 2.81. The lowest BCUT2D eigenvalue weighted by atomic mass is 9.94. The van der Waals surface area contributed by atoms with E-state index < -0.39 is 6.10 Å². The van der Waals surface area contributed by atoms with Gasteiger partial charge in [-0.2, -0.15) is 0 Å². The summed E-state index contributed by atoms with van der Waals surface area (Å²) in [6.45, 7) is 1.35. The van der Waals surface area contributed by atoms with Gasteiger partial charge in [0.25, 0.3) is 0 Å². The van der Waals surface area contributed by atoms with Crippen molar-refractivity contribution in [3.63, 3.8) is 0 Å². The Balaban J connectivity index is 2.15. The Kier molecular flexibility index (Phi) is 3.69. The third kappa shape index (κ3) is 2.31. The summed E-state index contributed by atoms with van der Waals surface area (Å²) < 4.78 is 10.4. The number of aliphatic hydroxyl groups is 1. The van der Waals surface area contributed by atoms with Gasteiger partial charge in [0.15, 0.2) is 0 Å². The molecule has 0 amide bonds. The molecule has 88 valence electrons. The molecule has 1 N–H and O–H groups in total. The van der Waals surface area contributed by atoms with Crippen LogP contribution >= 0.6 is 0 Å². The number of nitrogens with zero attached hydrogens (tertiary/aromatic N) is 2. The summed E-state index contributed by atoms with van der Waals surface area (Å²) >= 11 is 0. The maximum Gasteiger partial charge on any atom is 0.238 e. The minimum Gasteiger partial charge on any atom is -0.480 e. The zero-order valence-corrected chi connectivity index (χ0v) is 9.30. The molecule has 0 saturated carbocycles. The van der Waals surface area contributed by atoms with Crippen molar-refractivity contribution in [2.45, 2.75) is 18.9 Å². The number of methoxy groups -OCH3 is 1. The van der Waals surface area contributed by atoms with Crippen LogP contribution < -0.4 is 4.74 Å². The normalized spacial score (nSPS) is 22.8. The van der Waals surface area contributed by atoms with Crippen LogP contribution in [0.25, 0.3) is 0 Å². The topological polar surface area (TPSA) is 64.5 Å². The fourth-order valence-corrected chi connectivity index (χ4v) is 1.93. The molecule has 5 heteroatoms. The molecule has 1 aliphatic heterocycles. The number of aliphatic hydroxyl groups excluding tert-OH is 1. The summed E-state index contributed by atoms with van der Waals surface area (Å²) in [6.07, 6.45) is 4.37. The van der Waals surface area contributed by atoms with E-state index in [0.29, 0.717) is 18.2 Å². The minimum absolute atomic E-state index is 0.0827. The minimum atomic E-state index is -0.663. The first-order chi connectivity index (χ1) is 7.83. The number of hydrogen-bond acceptors (Lipinski definition) is 5. The van der Waals surface area contributed by atoms with Gasteiger partial charge in [0.05, 0.1) is 13.7 Å². The average molecular weight is 224 g/mol. The molecule has 1 aromatic heterocycles. The van der Waals surface area contributed by atoms with Crippen LogP contribution in [0.15, 0.2) is 12.4 Å². The highest BCUT2D eigenvalue weighted by atomic mass is 16.5. The summed E-state index contributed by atoms with van der Waals surface area (Å²) in [5, 5.41) is 10.2. The molecular weight excluding hydrogens is 208 g/mol. The van der Waals surface area contributed by atoms with Gasteiger partial charge in [-0.3, -0.25) is 4.98 Å². The Morgan fingerprint density at radius 3 is 3.00 bits per heavy atom. The van der Waals surface area contributed by atoms with Gasteiger partial charge in [0.2, 0.25) is 5.88 Å². The second-order valence-electron chi connectivity index (χ2n) is 3.87. The molecule has 1 fully saturated rings. The smallest absolute Gasteiger partial charge is 0.238 e. The first-order valence-corrected chi connectivity index (χ1v) is 5.43. The first-order valence-electron chi connectivity index (χ1n) is 5.43. The van der Waals surface area contributed by atoms with Gasteiger partial charge in [0, 0.05) is 24.9 Å². The van der Waals surface area contributed by atoms with Crippen LogP contribution in [0.2, 0.25) is 0 Å². The standard InChI is InChI=1S/C11H16N2O3/c1-15-11-9(12-4-5-13-11)10(14)8-3-2-6-16-7-8/h4-5,8,10,14H,2-3,6-7H2,1H3. The van der Waals surface area contributed by atoms with Crippen LogP contribution in [0, 0.1) is 5.92 Å². The molecule has 2 rings (SSSR count). The highest BCUT2D eigenvalue weighted by Gasteiger charge is 2.27. The van der Waals surface area contributed by atoms with Gasteiger partial charge in [-0.1, -0.05) is 0 Å². The highest BCUT2D eigenvalue weighted by Crippen LogP contribution is 2.31. The van der Waals surface area contributed by atoms with Crippen LogP contribution in [0.3, 0.4) is 0 Å². The van der Waals surface area contributed by atoms with Gasteiger partial charge in [-0.25, -0.2) is 4.98 Å². The van der Waals surface area contributed by atoms with Gasteiger partial charge in [0.1, 0.15) is 11.8 Å². The molecule has 2 heterocycles. The van der Waals surface area contributed by atoms with Crippen molar-refractivity contribution in [1.29, 1.82) is 0 Å². The summed E-state index contributed by atoms with van der Waals surface area (Å²) in [5.74, 6) is 0.472. The Morgan fingerprint density at radius 1 is 1.50 bits per heavy atom. The fraction of sp³-hybridized carbons (Fsp3) is 0.636. The van der Waals surface area contributed by atoms with E-state index in [0.717, 1.165) is 19.4 Å². The average Bonchev–Trinajstić information content (AvgIpc) is 2.39. The van der Waals surface area contributed by atoms with Crippen molar-refractivity contribution in [3.8, 4) is 5.88 Å². The molecule has 2 unspecified atom stereocenters. The number of aromatic nitrogens is 2. The summed E-state index contributed by atoms with van der Waals surface area (Å²) in [4.78, 5) is 8.16. The Morgan fingerprint density at radius 2 is 2.31 bits per heavy atom. The molecule has 1 saturated heterocycles. The molecule has 0 spiro atoms. The van der Waals surface area contributed by atoms with Crippen LogP contribution in [0.4, 0.5) is 0 Å². The van der Waals surface area contributed by atoms with Crippen LogP contribution in [-0.2, 0) is 4.74 Å². The van der Waals surface area contributed by atoms with Crippen molar-refractivity contribution >= 4 is 0 Å². The van der Waals surface area contributed by atoms with Crippen molar-refractivity contribution in [3.05, 3.63) is 18.1 Å². The molecule has 0 aromatic carbocycles. The summed E-state index contributed by atoms with van der Waals surface area (Å²) in [6, 6.07) is 0. The summed E-state index contributed by atoms with van der Waals surface area (Å²) in [7, 11) is 1.53. The van der Waals surface area contributed by atoms with E-state index in [4.69, 9.17) is 9.47 Å². The molecule has 0 radical (unpaired) electrons. The molecule has 0 bridgehead atoms. The largest absolute Gasteiger partial charge is 0.480 e. The lowest BCUT2D eigenvalue weighted by Crippen LogP contribution is -2.24. The van der Waals surface area contributed by atoms with Crippen molar-refractivity contribution in [2.75, 3.05) is 20.3 Å². The second kappa shape index (κ2) is 5.23. The van der Waals surface area contributed by atoms with Crippen LogP contribution in [0.1, 0.15) is 24.6 Å². The van der Waals surface area contributed by atoms with Gasteiger partial charge >= 0.3 is 0 Å². The first kappa shape index (κ1) is 11.3. The van der Waals surface area contributed by atoms with Crippen LogP contribution in [-0.4, -0.2) is 35.4 Å². The maximum absolute atomic E-state index is 10.2. The highest BCUT2D eigenvalue weighted by molar-refractivity contribution is 5.20. The predicted molar refractivity (Wildman–Crippen MR) is 57.1 cm³/mol. The molecule has 5 nitrogen and oxygen atoms in total. The maximum atomic E-state index is 10.2. The van der Waals surface area contributed by atoms with E-state index in [1.807, 2.05) is 0 Å². The van der Waals surface area contributed by atoms with Crippen LogP contribution in [0.5, 0.6) is 5.88 Å². The molecule has 2 atom stereocenters. The Bertz CT molecular complexity index is 340. The number of hydrogen-bond donors (Lipinski definition) is 1. The van der Waals surface area contributed by atoms with E-state index in [1.165, 1.54) is 7.11 Å². The molecule has 1 aromatic rings. The molecule has 0 aliphatic carbocycles. The zero-order valence-electron chi connectivity index (χ0n) is 9.30. The van der Waals surface area contributed by atoms with E-state index in [-0.39, 0.29) is 5.92 Å². The molecule has 16 heavy (non-hydrogen) atoms. The lowest BCUT2D eigenvalue weighted by Gasteiger charge is -2.26. The Labute approximate surface area is 94.4 Å². The van der Waals surface area contributed by atoms with E-state index in [9.17, 15) is 5.11 Å². The van der Waals surface area contributed by atoms with Gasteiger partial charge < -0.3 is 14.6 Å².